The van der Waals surface area contributed by atoms with Gasteiger partial charge in [0.2, 0.25) is 0 Å². The molecule has 2 aromatic rings. The van der Waals surface area contributed by atoms with E-state index in [9.17, 15) is 14.0 Å². The van der Waals surface area contributed by atoms with Crippen LogP contribution in [0.25, 0.3) is 0 Å². The molecule has 0 fully saturated rings. The van der Waals surface area contributed by atoms with Crippen LogP contribution in [0.4, 0.5) is 4.39 Å². The van der Waals surface area contributed by atoms with Gasteiger partial charge in [0, 0.05) is 5.56 Å². The topological polar surface area (TPSA) is 67.4 Å². The number of carbonyl (C=O) groups excluding carboxylic acids is 2. The number of nitrogens with one attached hydrogen (secondary N) is 2. The van der Waals surface area contributed by atoms with Crippen molar-refractivity contribution in [2.75, 3.05) is 6.61 Å². The second kappa shape index (κ2) is 8.28. The van der Waals surface area contributed by atoms with Gasteiger partial charge < -0.3 is 4.74 Å². The van der Waals surface area contributed by atoms with Gasteiger partial charge in [0.1, 0.15) is 11.6 Å². The molecule has 0 radical (unpaired) electrons. The van der Waals surface area contributed by atoms with E-state index in [4.69, 9.17) is 4.74 Å². The van der Waals surface area contributed by atoms with Crippen molar-refractivity contribution >= 4 is 11.8 Å². The Balaban J connectivity index is 1.88. The van der Waals surface area contributed by atoms with Gasteiger partial charge in [-0.1, -0.05) is 26.0 Å². The summed E-state index contributed by atoms with van der Waals surface area (Å²) in [5, 5.41) is 0. The summed E-state index contributed by atoms with van der Waals surface area (Å²) in [6.45, 7) is 5.80. The average Bonchev–Trinajstić information content (AvgIpc) is 2.58. The number of carbonyl (C=O) groups is 2. The van der Waals surface area contributed by atoms with Gasteiger partial charge in [-0.2, -0.15) is 0 Å². The van der Waals surface area contributed by atoms with Gasteiger partial charge >= 0.3 is 0 Å². The molecular weight excluding hydrogens is 323 g/mol. The summed E-state index contributed by atoms with van der Waals surface area (Å²) < 4.78 is 18.4. The largest absolute Gasteiger partial charge is 0.483 e. The van der Waals surface area contributed by atoms with Crippen LogP contribution < -0.4 is 15.6 Å². The summed E-state index contributed by atoms with van der Waals surface area (Å²) in [4.78, 5) is 23.7. The number of aryl methyl sites for hydroxylation is 1. The molecule has 0 aliphatic heterocycles. The molecule has 2 rings (SSSR count). The van der Waals surface area contributed by atoms with E-state index in [2.05, 4.69) is 10.9 Å². The molecule has 0 bridgehead atoms. The Kier molecular flexibility index (Phi) is 6.11. The fraction of sp³-hybridized carbons (Fsp3) is 0.263. The minimum atomic E-state index is -0.535. The molecule has 0 atom stereocenters. The summed E-state index contributed by atoms with van der Waals surface area (Å²) in [5.41, 5.74) is 6.81. The first-order valence-electron chi connectivity index (χ1n) is 7.95. The van der Waals surface area contributed by atoms with Gasteiger partial charge in [-0.05, 0) is 54.3 Å². The van der Waals surface area contributed by atoms with Gasteiger partial charge in [-0.3, -0.25) is 20.4 Å². The number of ether oxygens (including phenoxy) is 1. The number of amides is 2. The maximum absolute atomic E-state index is 12.8. The molecule has 2 N–H and O–H groups in total. The van der Waals surface area contributed by atoms with Gasteiger partial charge in [-0.15, -0.1) is 0 Å². The first kappa shape index (κ1) is 18.4. The molecule has 0 spiro atoms. The minimum Gasteiger partial charge on any atom is -0.483 e. The lowest BCUT2D eigenvalue weighted by molar-refractivity contribution is -0.123. The van der Waals surface area contributed by atoms with Crippen LogP contribution in [0.3, 0.4) is 0 Å². The molecule has 0 aromatic heterocycles. The monoisotopic (exact) mass is 344 g/mol. The van der Waals surface area contributed by atoms with Crippen LogP contribution in [0.1, 0.15) is 41.3 Å². The predicted octanol–water partition coefficient (Wildman–Crippen LogP) is 3.10. The zero-order valence-electron chi connectivity index (χ0n) is 14.4. The molecule has 0 saturated carbocycles. The van der Waals surface area contributed by atoms with E-state index in [1.807, 2.05) is 39.0 Å². The summed E-state index contributed by atoms with van der Waals surface area (Å²) in [6, 6.07) is 10.8. The molecule has 0 heterocycles. The quantitative estimate of drug-likeness (QED) is 0.819. The molecule has 25 heavy (non-hydrogen) atoms. The van der Waals surface area contributed by atoms with Crippen LogP contribution in [-0.4, -0.2) is 18.4 Å². The Morgan fingerprint density at radius 3 is 2.40 bits per heavy atom. The summed E-state index contributed by atoms with van der Waals surface area (Å²) >= 11 is 0. The Hall–Kier alpha value is -2.89. The second-order valence-electron chi connectivity index (χ2n) is 5.99. The highest BCUT2D eigenvalue weighted by Gasteiger charge is 2.11. The number of hydrogen-bond acceptors (Lipinski definition) is 3. The highest BCUT2D eigenvalue weighted by Crippen LogP contribution is 2.27. The van der Waals surface area contributed by atoms with Crippen LogP contribution in [-0.2, 0) is 4.79 Å². The van der Waals surface area contributed by atoms with Crippen LogP contribution >= 0.6 is 0 Å². The van der Waals surface area contributed by atoms with E-state index >= 15 is 0 Å². The summed E-state index contributed by atoms with van der Waals surface area (Å²) in [6.07, 6.45) is 0. The third-order valence-corrected chi connectivity index (χ3v) is 3.57. The molecule has 2 amide bonds. The van der Waals surface area contributed by atoms with Crippen molar-refractivity contribution < 1.29 is 18.7 Å². The fourth-order valence-corrected chi connectivity index (χ4v) is 2.22. The summed E-state index contributed by atoms with van der Waals surface area (Å²) in [7, 11) is 0. The van der Waals surface area contributed by atoms with E-state index in [1.54, 1.807) is 0 Å². The Morgan fingerprint density at radius 2 is 1.76 bits per heavy atom. The SMILES string of the molecule is Cc1ccc(C(C)C)c(OCC(=O)NNC(=O)c2ccc(F)cc2)c1. The van der Waals surface area contributed by atoms with Crippen molar-refractivity contribution in [1.29, 1.82) is 0 Å². The van der Waals surface area contributed by atoms with Crippen LogP contribution in [0.5, 0.6) is 5.75 Å². The third-order valence-electron chi connectivity index (χ3n) is 3.57. The zero-order valence-corrected chi connectivity index (χ0v) is 14.4. The molecule has 5 nitrogen and oxygen atoms in total. The van der Waals surface area contributed by atoms with Crippen molar-refractivity contribution in [2.45, 2.75) is 26.7 Å². The lowest BCUT2D eigenvalue weighted by Gasteiger charge is -2.15. The van der Waals surface area contributed by atoms with Gasteiger partial charge in [0.15, 0.2) is 6.61 Å². The lowest BCUT2D eigenvalue weighted by atomic mass is 10.0. The Bertz CT molecular complexity index is 758. The van der Waals surface area contributed by atoms with Crippen molar-refractivity contribution in [3.8, 4) is 5.75 Å². The predicted molar refractivity (Wildman–Crippen MR) is 92.8 cm³/mol. The molecule has 0 aliphatic rings. The van der Waals surface area contributed by atoms with Crippen molar-refractivity contribution in [1.82, 2.24) is 10.9 Å². The van der Waals surface area contributed by atoms with E-state index in [-0.39, 0.29) is 18.1 Å². The molecule has 2 aromatic carbocycles. The number of rotatable bonds is 5. The third kappa shape index (κ3) is 5.31. The standard InChI is InChI=1S/C19H21FN2O3/c1-12(2)16-9-4-13(3)10-17(16)25-11-18(23)21-22-19(24)14-5-7-15(20)8-6-14/h4-10,12H,11H2,1-3H3,(H,21,23)(H,22,24). The Labute approximate surface area is 146 Å². The van der Waals surface area contributed by atoms with E-state index < -0.39 is 17.6 Å². The molecule has 0 saturated heterocycles. The second-order valence-corrected chi connectivity index (χ2v) is 5.99. The minimum absolute atomic E-state index is 0.229. The zero-order chi connectivity index (χ0) is 18.4. The number of hydrazine groups is 1. The maximum atomic E-state index is 12.8. The van der Waals surface area contributed by atoms with Crippen molar-refractivity contribution in [3.63, 3.8) is 0 Å². The smallest absolute Gasteiger partial charge is 0.276 e. The number of halogens is 1. The van der Waals surface area contributed by atoms with E-state index in [0.29, 0.717) is 5.75 Å². The van der Waals surface area contributed by atoms with E-state index in [1.165, 1.54) is 24.3 Å². The van der Waals surface area contributed by atoms with Crippen LogP contribution in [0.2, 0.25) is 0 Å². The van der Waals surface area contributed by atoms with E-state index in [0.717, 1.165) is 11.1 Å². The normalized spacial score (nSPS) is 10.4. The molecular formula is C19H21FN2O3. The van der Waals surface area contributed by atoms with Crippen molar-refractivity contribution in [3.05, 3.63) is 65.0 Å². The number of hydrogen-bond donors (Lipinski definition) is 2. The van der Waals surface area contributed by atoms with Gasteiger partial charge in [-0.25, -0.2) is 4.39 Å². The maximum Gasteiger partial charge on any atom is 0.276 e. The lowest BCUT2D eigenvalue weighted by Crippen LogP contribution is -2.43. The first-order valence-corrected chi connectivity index (χ1v) is 7.95. The highest BCUT2D eigenvalue weighted by atomic mass is 19.1. The fourth-order valence-electron chi connectivity index (χ4n) is 2.22. The molecule has 0 unspecified atom stereocenters. The van der Waals surface area contributed by atoms with Gasteiger partial charge in [0.05, 0.1) is 0 Å². The van der Waals surface area contributed by atoms with Crippen molar-refractivity contribution in [2.24, 2.45) is 0 Å². The van der Waals surface area contributed by atoms with Gasteiger partial charge in [0.25, 0.3) is 11.8 Å². The molecule has 0 aliphatic carbocycles. The average molecular weight is 344 g/mol. The highest BCUT2D eigenvalue weighted by molar-refractivity contribution is 5.95. The summed E-state index contributed by atoms with van der Waals surface area (Å²) in [5.74, 6) is -0.557. The first-order chi connectivity index (χ1) is 11.9. The number of benzene rings is 2. The Morgan fingerprint density at radius 1 is 1.08 bits per heavy atom. The van der Waals surface area contributed by atoms with Crippen LogP contribution in [0, 0.1) is 12.7 Å². The van der Waals surface area contributed by atoms with Crippen LogP contribution in [0.15, 0.2) is 42.5 Å². The molecule has 6 heteroatoms. The molecule has 132 valence electrons.